The van der Waals surface area contributed by atoms with Crippen molar-refractivity contribution < 1.29 is 42.5 Å². The Kier molecular flexibility index (Phi) is 10.9. The number of nitriles is 2. The molecule has 10 heteroatoms. The van der Waals surface area contributed by atoms with Gasteiger partial charge in [-0.15, -0.1) is 0 Å². The summed E-state index contributed by atoms with van der Waals surface area (Å²) in [5, 5.41) is 30.4. The topological polar surface area (TPSA) is 115 Å². The van der Waals surface area contributed by atoms with E-state index in [1.165, 1.54) is 6.07 Å². The molecule has 0 aliphatic rings. The van der Waals surface area contributed by atoms with Crippen LogP contribution in [0.2, 0.25) is 0 Å². The van der Waals surface area contributed by atoms with Gasteiger partial charge in [-0.3, -0.25) is 9.83 Å². The molecule has 0 radical (unpaired) electrons. The van der Waals surface area contributed by atoms with Gasteiger partial charge in [0.25, 0.3) is 0 Å². The fraction of sp³-hybridized carbons (Fsp3) is 0.182. The number of hydrogen-bond donors (Lipinski definition) is 0. The van der Waals surface area contributed by atoms with Gasteiger partial charge in [0.15, 0.2) is 0 Å². The first-order valence-electron chi connectivity index (χ1n) is 5.11. The zero-order chi connectivity index (χ0) is 14.8. The van der Waals surface area contributed by atoms with Gasteiger partial charge < -0.3 is 9.44 Å². The summed E-state index contributed by atoms with van der Waals surface area (Å²) in [5.41, 5.74) is 0.371. The second-order valence-corrected chi connectivity index (χ2v) is 4.70. The quantitative estimate of drug-likeness (QED) is 0.190. The van der Waals surface area contributed by atoms with Crippen molar-refractivity contribution in [3.05, 3.63) is 29.3 Å². The Balaban J connectivity index is 0.00000400. The van der Waals surface area contributed by atoms with Crippen LogP contribution >= 0.6 is 24.1 Å². The van der Waals surface area contributed by atoms with Gasteiger partial charge in [-0.05, 0) is 12.1 Å². The molecule has 0 saturated carbocycles. The minimum absolute atomic E-state index is 0. The number of carbonyl (C=O) groups is 1. The van der Waals surface area contributed by atoms with Crippen molar-refractivity contribution in [2.75, 3.05) is 5.75 Å². The predicted octanol–water partition coefficient (Wildman–Crippen LogP) is -1.75. The Morgan fingerprint density at radius 3 is 2.71 bits per heavy atom. The molecule has 0 unspecified atom stereocenters. The van der Waals surface area contributed by atoms with Crippen LogP contribution in [0.1, 0.15) is 17.5 Å². The third-order valence-corrected chi connectivity index (χ3v) is 3.26. The van der Waals surface area contributed by atoms with Crippen molar-refractivity contribution in [1.29, 1.82) is 10.5 Å². The zero-order valence-corrected chi connectivity index (χ0v) is 12.5. The maximum Gasteiger partial charge on any atom is 1.00 e. The van der Waals surface area contributed by atoms with E-state index in [2.05, 4.69) is 9.37 Å². The molecule has 0 N–H and O–H groups in total. The van der Waals surface area contributed by atoms with Crippen LogP contribution in [0.4, 0.5) is 0 Å². The fourth-order valence-electron chi connectivity index (χ4n) is 1.12. The van der Waals surface area contributed by atoms with Gasteiger partial charge in [-0.2, -0.15) is 14.9 Å². The smallest absolute Gasteiger partial charge is 0.691 e. The second kappa shape index (κ2) is 11.5. The largest absolute Gasteiger partial charge is 1.00 e. The van der Waals surface area contributed by atoms with E-state index in [0.29, 0.717) is 29.0 Å². The zero-order valence-electron chi connectivity index (χ0n) is 10.9. The Bertz CT molecular complexity index is 559. The Hall–Kier alpha value is -1.15. The van der Waals surface area contributed by atoms with E-state index in [4.69, 9.17) is 14.7 Å². The van der Waals surface area contributed by atoms with Crippen molar-refractivity contribution in [3.8, 4) is 12.1 Å². The first-order valence-corrected chi connectivity index (χ1v) is 6.76. The van der Waals surface area contributed by atoms with Crippen molar-refractivity contribution in [2.24, 2.45) is 0 Å². The van der Waals surface area contributed by atoms with E-state index in [1.807, 2.05) is 12.1 Å². The average Bonchev–Trinajstić information content (AvgIpc) is 2.48. The standard InChI is InChI=1S/C11H8N2O5S2.Li/c12-6-8-2-1-3-10(9(8)7-13)20-16-11(14)4-5-19-18-17-15;/h1-3,15H,4-5H2;/q;+1/p-1. The molecule has 1 rings (SSSR count). The van der Waals surface area contributed by atoms with Crippen molar-refractivity contribution in [1.82, 2.24) is 0 Å². The molecule has 1 aromatic rings. The van der Waals surface area contributed by atoms with E-state index in [-0.39, 0.29) is 42.2 Å². The molecule has 0 aliphatic heterocycles. The van der Waals surface area contributed by atoms with Crippen molar-refractivity contribution in [2.45, 2.75) is 11.3 Å². The van der Waals surface area contributed by atoms with Crippen molar-refractivity contribution in [3.63, 3.8) is 0 Å². The molecule has 0 fully saturated rings. The normalized spacial score (nSPS) is 9.10. The van der Waals surface area contributed by atoms with Crippen LogP contribution in [0, 0.1) is 22.7 Å². The average molecular weight is 318 g/mol. The number of nitrogens with zero attached hydrogens (tertiary/aromatic N) is 2. The third kappa shape index (κ3) is 6.90. The molecule has 0 amide bonds. The van der Waals surface area contributed by atoms with Crippen LogP contribution < -0.4 is 24.1 Å². The Labute approximate surface area is 141 Å². The molecule has 0 aliphatic carbocycles. The van der Waals surface area contributed by atoms with Gasteiger partial charge in [0.05, 0.1) is 34.5 Å². The van der Waals surface area contributed by atoms with Gasteiger partial charge in [0.2, 0.25) is 0 Å². The molecule has 21 heavy (non-hydrogen) atoms. The van der Waals surface area contributed by atoms with Gasteiger partial charge in [-0.25, -0.2) is 0 Å². The molecule has 0 spiro atoms. The second-order valence-electron chi connectivity index (χ2n) is 3.15. The Morgan fingerprint density at radius 1 is 1.33 bits per heavy atom. The minimum Gasteiger partial charge on any atom is -0.691 e. The SMILES string of the molecule is N#Cc1cccc(SOC(=O)CCSOO[O-])c1C#N.[Li+]. The molecule has 0 atom stereocenters. The Morgan fingerprint density at radius 2 is 2.10 bits per heavy atom. The van der Waals surface area contributed by atoms with E-state index in [1.54, 1.807) is 12.1 Å². The van der Waals surface area contributed by atoms with Gasteiger partial charge in [-0.1, -0.05) is 6.07 Å². The third-order valence-electron chi connectivity index (χ3n) is 1.95. The summed E-state index contributed by atoms with van der Waals surface area (Å²) < 4.78 is 8.86. The molecule has 0 saturated heterocycles. The summed E-state index contributed by atoms with van der Waals surface area (Å²) in [7, 11) is 0. The van der Waals surface area contributed by atoms with Gasteiger partial charge in [0, 0.05) is 17.8 Å². The molecule has 104 valence electrons. The maximum absolute atomic E-state index is 11.4. The van der Waals surface area contributed by atoms with E-state index in [0.717, 1.165) is 0 Å². The van der Waals surface area contributed by atoms with Gasteiger partial charge >= 0.3 is 24.8 Å². The number of benzene rings is 1. The molecular weight excluding hydrogens is 311 g/mol. The van der Waals surface area contributed by atoms with Crippen LogP contribution in [0.15, 0.2) is 23.1 Å². The molecule has 0 heterocycles. The fourth-order valence-corrected chi connectivity index (χ4v) is 2.12. The van der Waals surface area contributed by atoms with Crippen LogP contribution in [0.5, 0.6) is 0 Å². The van der Waals surface area contributed by atoms with E-state index < -0.39 is 5.97 Å². The molecular formula is C11H7LiN2O5S2. The summed E-state index contributed by atoms with van der Waals surface area (Å²) in [6.45, 7) is 0. The van der Waals surface area contributed by atoms with Crippen LogP contribution in [0.3, 0.4) is 0 Å². The van der Waals surface area contributed by atoms with Crippen LogP contribution in [-0.4, -0.2) is 11.7 Å². The maximum atomic E-state index is 11.4. The first-order chi connectivity index (χ1) is 9.72. The summed E-state index contributed by atoms with van der Waals surface area (Å²) in [6, 6.07) is 8.43. The van der Waals surface area contributed by atoms with E-state index in [9.17, 15) is 10.1 Å². The summed E-state index contributed by atoms with van der Waals surface area (Å²) in [4.78, 5) is 11.7. The predicted molar refractivity (Wildman–Crippen MR) is 67.1 cm³/mol. The number of hydrogen-bond acceptors (Lipinski definition) is 9. The van der Waals surface area contributed by atoms with Crippen LogP contribution in [-0.2, 0) is 18.3 Å². The van der Waals surface area contributed by atoms with E-state index >= 15 is 0 Å². The first kappa shape index (κ1) is 19.8. The number of carbonyl (C=O) groups excluding carboxylic acids is 1. The van der Waals surface area contributed by atoms with Gasteiger partial charge in [0.1, 0.15) is 12.1 Å². The van der Waals surface area contributed by atoms with Crippen molar-refractivity contribution >= 4 is 30.1 Å². The summed E-state index contributed by atoms with van der Waals surface area (Å²) in [5.74, 6) is -0.367. The number of rotatable bonds is 7. The van der Waals surface area contributed by atoms with Crippen LogP contribution in [0.25, 0.3) is 0 Å². The molecule has 1 aromatic carbocycles. The molecule has 7 nitrogen and oxygen atoms in total. The molecule has 0 aromatic heterocycles. The minimum atomic E-state index is -0.553. The summed E-state index contributed by atoms with van der Waals surface area (Å²) >= 11 is 1.38. The summed E-state index contributed by atoms with van der Waals surface area (Å²) in [6.07, 6.45) is 0.000848. The molecule has 0 bridgehead atoms. The monoisotopic (exact) mass is 318 g/mol.